The summed E-state index contributed by atoms with van der Waals surface area (Å²) in [6, 6.07) is 11.4. The fourth-order valence-electron chi connectivity index (χ4n) is 2.32. The Balaban J connectivity index is 1.93. The summed E-state index contributed by atoms with van der Waals surface area (Å²) in [7, 11) is -2.19. The minimum Gasteiger partial charge on any atom is -0.497 e. The molecule has 25 heavy (non-hydrogen) atoms. The Kier molecular flexibility index (Phi) is 4.41. The molecule has 0 aliphatic rings. The van der Waals surface area contributed by atoms with Crippen LogP contribution in [0, 0.1) is 13.8 Å². The topological polar surface area (TPSA) is 99.0 Å². The van der Waals surface area contributed by atoms with E-state index < -0.39 is 10.0 Å². The maximum absolute atomic E-state index is 12.6. The second-order valence-corrected chi connectivity index (χ2v) is 7.10. The van der Waals surface area contributed by atoms with E-state index in [4.69, 9.17) is 4.74 Å². The minimum absolute atomic E-state index is 0.147. The summed E-state index contributed by atoms with van der Waals surface area (Å²) in [6.07, 6.45) is 0. The summed E-state index contributed by atoms with van der Waals surface area (Å²) in [4.78, 5) is 0.147. The number of nitrogens with one attached hydrogen (secondary N) is 1. The number of benzene rings is 2. The lowest BCUT2D eigenvalue weighted by molar-refractivity contribution is 0.414. The van der Waals surface area contributed by atoms with Gasteiger partial charge in [-0.3, -0.25) is 4.72 Å². The number of methoxy groups -OCH3 is 1. The largest absolute Gasteiger partial charge is 0.497 e. The normalized spacial score (nSPS) is 11.3. The number of nitrogens with zero attached hydrogens (tertiary/aromatic N) is 4. The maximum atomic E-state index is 12.6. The van der Waals surface area contributed by atoms with Gasteiger partial charge in [-0.05, 0) is 66.2 Å². The van der Waals surface area contributed by atoms with E-state index in [-0.39, 0.29) is 4.90 Å². The molecule has 0 bridgehead atoms. The summed E-state index contributed by atoms with van der Waals surface area (Å²) in [5.41, 5.74) is 2.05. The van der Waals surface area contributed by atoms with Crippen molar-refractivity contribution in [3.8, 4) is 11.4 Å². The molecule has 8 nitrogen and oxygen atoms in total. The van der Waals surface area contributed by atoms with Gasteiger partial charge in [0.2, 0.25) is 0 Å². The summed E-state index contributed by atoms with van der Waals surface area (Å²) in [5.74, 6) is 1.20. The third kappa shape index (κ3) is 3.45. The smallest absolute Gasteiger partial charge is 0.261 e. The van der Waals surface area contributed by atoms with Gasteiger partial charge in [-0.25, -0.2) is 8.42 Å². The molecule has 0 saturated carbocycles. The number of ether oxygens (including phenoxy) is 1. The molecule has 0 aliphatic heterocycles. The average Bonchev–Trinajstić information content (AvgIpc) is 3.02. The molecule has 3 aromatic rings. The number of anilines is 1. The monoisotopic (exact) mass is 359 g/mol. The predicted octanol–water partition coefficient (Wildman–Crippen LogP) is 2.09. The van der Waals surface area contributed by atoms with E-state index >= 15 is 0 Å². The molecular formula is C16H17N5O3S. The molecule has 1 heterocycles. The number of aromatic nitrogens is 4. The van der Waals surface area contributed by atoms with Crippen LogP contribution in [0.2, 0.25) is 0 Å². The van der Waals surface area contributed by atoms with Gasteiger partial charge < -0.3 is 4.74 Å². The first-order valence-corrected chi connectivity index (χ1v) is 8.92. The standard InChI is InChI=1S/C16H17N5O3S/c1-11-4-5-13(10-16(11)21-12(2)17-19-20-21)18-25(22,23)15-8-6-14(24-3)7-9-15/h4-10,18H,1-3H3. The number of hydrogen-bond donors (Lipinski definition) is 1. The van der Waals surface area contributed by atoms with Gasteiger partial charge in [-0.2, -0.15) is 4.68 Å². The molecule has 0 amide bonds. The Hall–Kier alpha value is -2.94. The second-order valence-electron chi connectivity index (χ2n) is 5.42. The van der Waals surface area contributed by atoms with E-state index in [2.05, 4.69) is 20.2 Å². The van der Waals surface area contributed by atoms with Crippen LogP contribution in [0.4, 0.5) is 5.69 Å². The highest BCUT2D eigenvalue weighted by Gasteiger charge is 2.16. The van der Waals surface area contributed by atoms with Crippen molar-refractivity contribution in [3.05, 3.63) is 53.9 Å². The molecule has 3 rings (SSSR count). The average molecular weight is 359 g/mol. The fraction of sp³-hybridized carbons (Fsp3) is 0.188. The molecule has 2 aromatic carbocycles. The van der Waals surface area contributed by atoms with Crippen LogP contribution in [-0.4, -0.2) is 35.7 Å². The third-order valence-electron chi connectivity index (χ3n) is 3.68. The van der Waals surface area contributed by atoms with Gasteiger partial charge in [0.05, 0.1) is 23.4 Å². The van der Waals surface area contributed by atoms with Gasteiger partial charge in [0.15, 0.2) is 5.82 Å². The molecule has 0 saturated heterocycles. The highest BCUT2D eigenvalue weighted by molar-refractivity contribution is 7.92. The number of tetrazole rings is 1. The number of rotatable bonds is 5. The molecule has 0 atom stereocenters. The van der Waals surface area contributed by atoms with Crippen LogP contribution < -0.4 is 9.46 Å². The van der Waals surface area contributed by atoms with Crippen LogP contribution >= 0.6 is 0 Å². The first kappa shape index (κ1) is 16.9. The van der Waals surface area contributed by atoms with Crippen LogP contribution in [0.25, 0.3) is 5.69 Å². The molecule has 0 aliphatic carbocycles. The van der Waals surface area contributed by atoms with Crippen LogP contribution in [0.3, 0.4) is 0 Å². The lowest BCUT2D eigenvalue weighted by atomic mass is 10.2. The lowest BCUT2D eigenvalue weighted by Crippen LogP contribution is -2.13. The SMILES string of the molecule is COc1ccc(S(=O)(=O)Nc2ccc(C)c(-n3nnnc3C)c2)cc1. The molecule has 0 unspecified atom stereocenters. The van der Waals surface area contributed by atoms with Crippen LogP contribution in [0.1, 0.15) is 11.4 Å². The Labute approximate surface area is 145 Å². The van der Waals surface area contributed by atoms with Crippen LogP contribution in [0.15, 0.2) is 47.4 Å². The molecule has 0 fully saturated rings. The number of hydrogen-bond acceptors (Lipinski definition) is 6. The highest BCUT2D eigenvalue weighted by atomic mass is 32.2. The Bertz CT molecular complexity index is 997. The number of sulfonamides is 1. The minimum atomic E-state index is -3.71. The molecule has 9 heteroatoms. The van der Waals surface area contributed by atoms with E-state index in [9.17, 15) is 8.42 Å². The predicted molar refractivity (Wildman–Crippen MR) is 92.4 cm³/mol. The van der Waals surface area contributed by atoms with Crippen molar-refractivity contribution in [1.82, 2.24) is 20.2 Å². The van der Waals surface area contributed by atoms with E-state index in [1.165, 1.54) is 19.2 Å². The van der Waals surface area contributed by atoms with E-state index in [1.807, 2.05) is 13.0 Å². The third-order valence-corrected chi connectivity index (χ3v) is 5.08. The fourth-order valence-corrected chi connectivity index (χ4v) is 3.37. The maximum Gasteiger partial charge on any atom is 0.261 e. The van der Waals surface area contributed by atoms with Crippen LogP contribution in [-0.2, 0) is 10.0 Å². The highest BCUT2D eigenvalue weighted by Crippen LogP contribution is 2.23. The van der Waals surface area contributed by atoms with Crippen molar-refractivity contribution in [1.29, 1.82) is 0 Å². The van der Waals surface area contributed by atoms with Crippen LogP contribution in [0.5, 0.6) is 5.75 Å². The Morgan fingerprint density at radius 1 is 1.08 bits per heavy atom. The first-order chi connectivity index (χ1) is 11.9. The van der Waals surface area contributed by atoms with Crippen molar-refractivity contribution < 1.29 is 13.2 Å². The van der Waals surface area contributed by atoms with Crippen molar-refractivity contribution in [2.75, 3.05) is 11.8 Å². The zero-order valence-electron chi connectivity index (χ0n) is 14.0. The Morgan fingerprint density at radius 2 is 1.80 bits per heavy atom. The zero-order chi connectivity index (χ0) is 18.0. The lowest BCUT2D eigenvalue weighted by Gasteiger charge is -2.12. The summed E-state index contributed by atoms with van der Waals surface area (Å²) in [6.45, 7) is 3.67. The van der Waals surface area contributed by atoms with E-state index in [0.717, 1.165) is 5.56 Å². The van der Waals surface area contributed by atoms with E-state index in [1.54, 1.807) is 35.9 Å². The molecule has 1 N–H and O–H groups in total. The van der Waals surface area contributed by atoms with Crippen molar-refractivity contribution in [3.63, 3.8) is 0 Å². The van der Waals surface area contributed by atoms with Gasteiger partial charge in [0.25, 0.3) is 10.0 Å². The quantitative estimate of drug-likeness (QED) is 0.749. The van der Waals surface area contributed by atoms with E-state index in [0.29, 0.717) is 22.9 Å². The molecule has 0 radical (unpaired) electrons. The van der Waals surface area contributed by atoms with Gasteiger partial charge >= 0.3 is 0 Å². The Morgan fingerprint density at radius 3 is 2.40 bits per heavy atom. The molecular weight excluding hydrogens is 342 g/mol. The zero-order valence-corrected chi connectivity index (χ0v) is 14.8. The number of aryl methyl sites for hydroxylation is 2. The van der Waals surface area contributed by atoms with Crippen molar-refractivity contribution in [2.45, 2.75) is 18.7 Å². The molecule has 130 valence electrons. The molecule has 0 spiro atoms. The van der Waals surface area contributed by atoms with Crippen molar-refractivity contribution >= 4 is 15.7 Å². The van der Waals surface area contributed by atoms with Gasteiger partial charge in [0, 0.05) is 0 Å². The summed E-state index contributed by atoms with van der Waals surface area (Å²) in [5, 5.41) is 11.4. The van der Waals surface area contributed by atoms with Gasteiger partial charge in [-0.15, -0.1) is 5.10 Å². The second kappa shape index (κ2) is 6.52. The van der Waals surface area contributed by atoms with Gasteiger partial charge in [0.1, 0.15) is 5.75 Å². The first-order valence-electron chi connectivity index (χ1n) is 7.43. The summed E-state index contributed by atoms with van der Waals surface area (Å²) < 4.78 is 34.3. The summed E-state index contributed by atoms with van der Waals surface area (Å²) >= 11 is 0. The van der Waals surface area contributed by atoms with Crippen molar-refractivity contribution in [2.24, 2.45) is 0 Å². The van der Waals surface area contributed by atoms with Gasteiger partial charge in [-0.1, -0.05) is 6.07 Å². The molecule has 1 aromatic heterocycles.